The maximum Gasteiger partial charge on any atom is 0.307 e. The van der Waals surface area contributed by atoms with Crippen LogP contribution >= 0.6 is 0 Å². The van der Waals surface area contributed by atoms with Gasteiger partial charge in [-0.15, -0.1) is 0 Å². The summed E-state index contributed by atoms with van der Waals surface area (Å²) in [6.07, 6.45) is 1.79. The second-order valence-corrected chi connectivity index (χ2v) is 5.47. The molecule has 1 aromatic carbocycles. The SMILES string of the molecule is C=C(C)C(=O)c1cn(CC(=O)NCCC(=O)OC)c2ccccc12. The predicted octanol–water partition coefficient (Wildman–Crippen LogP) is 2.08. The summed E-state index contributed by atoms with van der Waals surface area (Å²) in [5.41, 5.74) is 1.77. The molecule has 0 unspecified atom stereocenters. The monoisotopic (exact) mass is 328 g/mol. The van der Waals surface area contributed by atoms with Gasteiger partial charge in [-0.05, 0) is 18.6 Å². The molecule has 1 amide bonds. The minimum atomic E-state index is -0.379. The highest BCUT2D eigenvalue weighted by atomic mass is 16.5. The molecule has 0 aliphatic rings. The van der Waals surface area contributed by atoms with Crippen LogP contribution in [-0.4, -0.2) is 35.9 Å². The number of nitrogens with zero attached hydrogens (tertiary/aromatic N) is 1. The van der Waals surface area contributed by atoms with Gasteiger partial charge in [-0.2, -0.15) is 0 Å². The smallest absolute Gasteiger partial charge is 0.307 e. The third kappa shape index (κ3) is 3.90. The Morgan fingerprint density at radius 1 is 1.25 bits per heavy atom. The molecule has 2 aromatic rings. The maximum atomic E-state index is 12.3. The van der Waals surface area contributed by atoms with Crippen molar-refractivity contribution in [2.24, 2.45) is 0 Å². The van der Waals surface area contributed by atoms with Crippen LogP contribution in [0.25, 0.3) is 10.9 Å². The molecule has 2 rings (SSSR count). The fourth-order valence-electron chi connectivity index (χ4n) is 2.41. The van der Waals surface area contributed by atoms with Crippen molar-refractivity contribution in [3.8, 4) is 0 Å². The van der Waals surface area contributed by atoms with Gasteiger partial charge in [0.15, 0.2) is 5.78 Å². The molecule has 126 valence electrons. The van der Waals surface area contributed by atoms with Crippen molar-refractivity contribution in [2.45, 2.75) is 19.9 Å². The Labute approximate surface area is 140 Å². The van der Waals surface area contributed by atoms with E-state index in [0.29, 0.717) is 11.1 Å². The van der Waals surface area contributed by atoms with Gasteiger partial charge in [0, 0.05) is 29.2 Å². The van der Waals surface area contributed by atoms with Crippen LogP contribution in [0.3, 0.4) is 0 Å². The van der Waals surface area contributed by atoms with E-state index >= 15 is 0 Å². The van der Waals surface area contributed by atoms with Crippen LogP contribution in [-0.2, 0) is 20.9 Å². The Kier molecular flexibility index (Phi) is 5.52. The van der Waals surface area contributed by atoms with Crippen LogP contribution in [0.5, 0.6) is 0 Å². The molecule has 6 nitrogen and oxygen atoms in total. The van der Waals surface area contributed by atoms with Crippen molar-refractivity contribution in [3.05, 3.63) is 48.2 Å². The van der Waals surface area contributed by atoms with E-state index in [1.54, 1.807) is 17.7 Å². The number of Topliss-reactive ketones (excluding diaryl/α,β-unsaturated/α-hetero) is 1. The van der Waals surface area contributed by atoms with Crippen LogP contribution in [0.15, 0.2) is 42.6 Å². The number of hydrogen-bond donors (Lipinski definition) is 1. The van der Waals surface area contributed by atoms with E-state index in [1.807, 2.05) is 24.3 Å². The first kappa shape index (κ1) is 17.5. The molecule has 0 radical (unpaired) electrons. The normalized spacial score (nSPS) is 10.4. The molecule has 1 N–H and O–H groups in total. The third-order valence-electron chi connectivity index (χ3n) is 3.61. The average Bonchev–Trinajstić information content (AvgIpc) is 2.92. The topological polar surface area (TPSA) is 77.4 Å². The lowest BCUT2D eigenvalue weighted by molar-refractivity contribution is -0.140. The molecule has 6 heteroatoms. The zero-order valence-electron chi connectivity index (χ0n) is 13.8. The van der Waals surface area contributed by atoms with Gasteiger partial charge >= 0.3 is 5.97 Å². The number of benzene rings is 1. The lowest BCUT2D eigenvalue weighted by Gasteiger charge is -2.06. The molecular formula is C18H20N2O4. The molecule has 0 saturated heterocycles. The Hall–Kier alpha value is -2.89. The Morgan fingerprint density at radius 3 is 2.62 bits per heavy atom. The zero-order chi connectivity index (χ0) is 17.7. The number of esters is 1. The number of fused-ring (bicyclic) bond motifs is 1. The number of ketones is 1. The van der Waals surface area contributed by atoms with Gasteiger partial charge in [0.2, 0.25) is 5.91 Å². The lowest BCUT2D eigenvalue weighted by Crippen LogP contribution is -2.29. The number of rotatable bonds is 7. The summed E-state index contributed by atoms with van der Waals surface area (Å²) in [4.78, 5) is 35.4. The van der Waals surface area contributed by atoms with Gasteiger partial charge in [0.25, 0.3) is 0 Å². The number of para-hydroxylation sites is 1. The minimum absolute atomic E-state index is 0.0607. The van der Waals surface area contributed by atoms with Crippen molar-refractivity contribution >= 4 is 28.6 Å². The molecule has 1 heterocycles. The van der Waals surface area contributed by atoms with E-state index in [4.69, 9.17) is 0 Å². The minimum Gasteiger partial charge on any atom is -0.469 e. The van der Waals surface area contributed by atoms with Crippen LogP contribution in [0, 0.1) is 0 Å². The Morgan fingerprint density at radius 2 is 1.96 bits per heavy atom. The van der Waals surface area contributed by atoms with E-state index in [-0.39, 0.29) is 37.2 Å². The first-order chi connectivity index (χ1) is 11.4. The van der Waals surface area contributed by atoms with Crippen molar-refractivity contribution in [3.63, 3.8) is 0 Å². The van der Waals surface area contributed by atoms with E-state index in [1.165, 1.54) is 7.11 Å². The second-order valence-electron chi connectivity index (χ2n) is 5.47. The van der Waals surface area contributed by atoms with Gasteiger partial charge in [0.1, 0.15) is 6.54 Å². The lowest BCUT2D eigenvalue weighted by atomic mass is 10.1. The third-order valence-corrected chi connectivity index (χ3v) is 3.61. The number of aromatic nitrogens is 1. The van der Waals surface area contributed by atoms with Crippen molar-refractivity contribution in [1.29, 1.82) is 0 Å². The summed E-state index contributed by atoms with van der Waals surface area (Å²) in [6, 6.07) is 7.39. The van der Waals surface area contributed by atoms with Crippen LogP contribution in [0.4, 0.5) is 0 Å². The number of allylic oxidation sites excluding steroid dienone is 1. The Bertz CT molecular complexity index is 804. The summed E-state index contributed by atoms with van der Waals surface area (Å²) in [5.74, 6) is -0.763. The van der Waals surface area contributed by atoms with Crippen molar-refractivity contribution in [2.75, 3.05) is 13.7 Å². The number of nitrogens with one attached hydrogen (secondary N) is 1. The number of methoxy groups -OCH3 is 1. The highest BCUT2D eigenvalue weighted by molar-refractivity contribution is 6.15. The van der Waals surface area contributed by atoms with Gasteiger partial charge in [-0.3, -0.25) is 14.4 Å². The van der Waals surface area contributed by atoms with E-state index in [2.05, 4.69) is 16.6 Å². The summed E-state index contributed by atoms with van der Waals surface area (Å²) >= 11 is 0. The summed E-state index contributed by atoms with van der Waals surface area (Å²) in [5, 5.41) is 3.44. The molecule has 0 atom stereocenters. The van der Waals surface area contributed by atoms with Crippen molar-refractivity contribution < 1.29 is 19.1 Å². The quantitative estimate of drug-likeness (QED) is 0.479. The standard InChI is InChI=1S/C18H20N2O4/c1-12(2)18(23)14-10-20(15-7-5-4-6-13(14)15)11-16(21)19-9-8-17(22)24-3/h4-7,10H,1,8-9,11H2,2-3H3,(H,19,21). The fraction of sp³-hybridized carbons (Fsp3) is 0.278. The summed E-state index contributed by atoms with van der Waals surface area (Å²) in [7, 11) is 1.30. The maximum absolute atomic E-state index is 12.3. The number of ether oxygens (including phenoxy) is 1. The molecule has 24 heavy (non-hydrogen) atoms. The molecule has 0 bridgehead atoms. The number of carbonyl (C=O) groups excluding carboxylic acids is 3. The zero-order valence-corrected chi connectivity index (χ0v) is 13.8. The molecule has 0 fully saturated rings. The summed E-state index contributed by atoms with van der Waals surface area (Å²) in [6.45, 7) is 5.62. The fourth-order valence-corrected chi connectivity index (χ4v) is 2.41. The number of hydrogen-bond acceptors (Lipinski definition) is 4. The predicted molar refractivity (Wildman–Crippen MR) is 90.7 cm³/mol. The molecule has 1 aromatic heterocycles. The Balaban J connectivity index is 2.17. The second kappa shape index (κ2) is 7.59. The summed E-state index contributed by atoms with van der Waals surface area (Å²) < 4.78 is 6.24. The first-order valence-corrected chi connectivity index (χ1v) is 7.55. The highest BCUT2D eigenvalue weighted by Crippen LogP contribution is 2.23. The number of amides is 1. The van der Waals surface area contributed by atoms with Crippen LogP contribution < -0.4 is 5.32 Å². The molecule has 0 aliphatic carbocycles. The molecule has 0 spiro atoms. The molecule has 0 saturated carbocycles. The van der Waals surface area contributed by atoms with Crippen LogP contribution in [0.1, 0.15) is 23.7 Å². The van der Waals surface area contributed by atoms with E-state index < -0.39 is 0 Å². The number of carbonyl (C=O) groups is 3. The first-order valence-electron chi connectivity index (χ1n) is 7.55. The van der Waals surface area contributed by atoms with E-state index in [0.717, 1.165) is 10.9 Å². The van der Waals surface area contributed by atoms with Gasteiger partial charge in [0.05, 0.1) is 13.5 Å². The molecule has 0 aliphatic heterocycles. The van der Waals surface area contributed by atoms with Gasteiger partial charge in [-0.1, -0.05) is 24.8 Å². The largest absolute Gasteiger partial charge is 0.469 e. The van der Waals surface area contributed by atoms with Gasteiger partial charge in [-0.25, -0.2) is 0 Å². The van der Waals surface area contributed by atoms with Crippen molar-refractivity contribution in [1.82, 2.24) is 9.88 Å². The van der Waals surface area contributed by atoms with E-state index in [9.17, 15) is 14.4 Å². The van der Waals surface area contributed by atoms with Crippen LogP contribution in [0.2, 0.25) is 0 Å². The van der Waals surface area contributed by atoms with Gasteiger partial charge < -0.3 is 14.6 Å². The average molecular weight is 328 g/mol. The molecular weight excluding hydrogens is 308 g/mol. The highest BCUT2D eigenvalue weighted by Gasteiger charge is 2.16.